The first kappa shape index (κ1) is 16.1. The summed E-state index contributed by atoms with van der Waals surface area (Å²) in [4.78, 5) is 15.5. The molecular weight excluding hydrogens is 280 g/mol. The van der Waals surface area contributed by atoms with Crippen molar-refractivity contribution >= 4 is 34.5 Å². The SMILES string of the molecule is CCc1ccsc1C(=O)N(CCOC)CCC(N)=S. The van der Waals surface area contributed by atoms with E-state index in [1.807, 2.05) is 18.4 Å². The smallest absolute Gasteiger partial charge is 0.264 e. The summed E-state index contributed by atoms with van der Waals surface area (Å²) >= 11 is 6.35. The number of hydrogen-bond donors (Lipinski definition) is 1. The maximum Gasteiger partial charge on any atom is 0.264 e. The highest BCUT2D eigenvalue weighted by molar-refractivity contribution is 7.80. The maximum absolute atomic E-state index is 12.5. The van der Waals surface area contributed by atoms with Crippen LogP contribution in [0.25, 0.3) is 0 Å². The number of nitrogens with zero attached hydrogens (tertiary/aromatic N) is 1. The van der Waals surface area contributed by atoms with Gasteiger partial charge >= 0.3 is 0 Å². The van der Waals surface area contributed by atoms with Gasteiger partial charge in [-0.25, -0.2) is 0 Å². The number of carbonyl (C=O) groups excluding carboxylic acids is 1. The van der Waals surface area contributed by atoms with E-state index < -0.39 is 0 Å². The third-order valence-electron chi connectivity index (χ3n) is 2.80. The monoisotopic (exact) mass is 300 g/mol. The highest BCUT2D eigenvalue weighted by Gasteiger charge is 2.19. The molecule has 1 amide bonds. The van der Waals surface area contributed by atoms with Crippen LogP contribution in [0.4, 0.5) is 0 Å². The van der Waals surface area contributed by atoms with Gasteiger partial charge in [-0.15, -0.1) is 11.3 Å². The van der Waals surface area contributed by atoms with E-state index in [2.05, 4.69) is 0 Å². The molecule has 1 rings (SSSR count). The molecule has 2 N–H and O–H groups in total. The molecule has 19 heavy (non-hydrogen) atoms. The quantitative estimate of drug-likeness (QED) is 0.747. The number of carbonyl (C=O) groups is 1. The molecule has 0 aliphatic heterocycles. The second kappa shape index (κ2) is 8.24. The lowest BCUT2D eigenvalue weighted by Crippen LogP contribution is -2.36. The van der Waals surface area contributed by atoms with Crippen LogP contribution < -0.4 is 5.73 Å². The molecule has 0 bridgehead atoms. The minimum Gasteiger partial charge on any atom is -0.393 e. The van der Waals surface area contributed by atoms with Crippen molar-refractivity contribution in [2.45, 2.75) is 19.8 Å². The molecule has 0 aliphatic rings. The highest BCUT2D eigenvalue weighted by Crippen LogP contribution is 2.19. The maximum atomic E-state index is 12.5. The molecule has 0 atom stereocenters. The molecule has 1 aromatic heterocycles. The fourth-order valence-electron chi connectivity index (χ4n) is 1.71. The van der Waals surface area contributed by atoms with Crippen LogP contribution in [0.5, 0.6) is 0 Å². The van der Waals surface area contributed by atoms with Gasteiger partial charge in [0, 0.05) is 26.6 Å². The number of rotatable bonds is 8. The predicted octanol–water partition coefficient (Wildman–Crippen LogP) is 2.08. The first-order valence-corrected chi connectivity index (χ1v) is 7.51. The van der Waals surface area contributed by atoms with E-state index in [1.54, 1.807) is 12.0 Å². The molecule has 0 saturated heterocycles. The van der Waals surface area contributed by atoms with Gasteiger partial charge in [-0.1, -0.05) is 19.1 Å². The van der Waals surface area contributed by atoms with Gasteiger partial charge in [0.2, 0.25) is 0 Å². The third kappa shape index (κ3) is 4.89. The van der Waals surface area contributed by atoms with Crippen molar-refractivity contribution in [1.29, 1.82) is 0 Å². The van der Waals surface area contributed by atoms with Crippen molar-refractivity contribution in [3.05, 3.63) is 21.9 Å². The molecule has 1 heterocycles. The average molecular weight is 300 g/mol. The Balaban J connectivity index is 2.77. The first-order chi connectivity index (χ1) is 9.10. The van der Waals surface area contributed by atoms with Gasteiger partial charge in [0.25, 0.3) is 5.91 Å². The van der Waals surface area contributed by atoms with Crippen molar-refractivity contribution < 1.29 is 9.53 Å². The molecule has 0 aliphatic carbocycles. The number of hydrogen-bond acceptors (Lipinski definition) is 4. The van der Waals surface area contributed by atoms with Crippen molar-refractivity contribution in [3.63, 3.8) is 0 Å². The summed E-state index contributed by atoms with van der Waals surface area (Å²) in [5.74, 6) is 0.0418. The summed E-state index contributed by atoms with van der Waals surface area (Å²) in [7, 11) is 1.62. The first-order valence-electron chi connectivity index (χ1n) is 6.23. The lowest BCUT2D eigenvalue weighted by atomic mass is 10.2. The van der Waals surface area contributed by atoms with Crippen LogP contribution in [-0.2, 0) is 11.2 Å². The number of amides is 1. The number of nitrogens with two attached hydrogens (primary N) is 1. The second-order valence-corrected chi connectivity index (χ2v) is 5.57. The van der Waals surface area contributed by atoms with Crippen LogP contribution in [0.15, 0.2) is 11.4 Å². The minimum absolute atomic E-state index is 0.0418. The molecule has 0 aromatic carbocycles. The lowest BCUT2D eigenvalue weighted by Gasteiger charge is -2.22. The highest BCUT2D eigenvalue weighted by atomic mass is 32.1. The molecule has 0 unspecified atom stereocenters. The largest absolute Gasteiger partial charge is 0.393 e. The molecule has 106 valence electrons. The number of aryl methyl sites for hydroxylation is 1. The van der Waals surface area contributed by atoms with E-state index in [0.717, 1.165) is 16.9 Å². The van der Waals surface area contributed by atoms with Gasteiger partial charge in [-0.3, -0.25) is 4.79 Å². The Hall–Kier alpha value is -0.980. The molecule has 0 spiro atoms. The molecule has 6 heteroatoms. The lowest BCUT2D eigenvalue weighted by molar-refractivity contribution is 0.0705. The van der Waals surface area contributed by atoms with Crippen molar-refractivity contribution in [1.82, 2.24) is 4.90 Å². The molecule has 4 nitrogen and oxygen atoms in total. The zero-order valence-electron chi connectivity index (χ0n) is 11.3. The normalized spacial score (nSPS) is 10.4. The van der Waals surface area contributed by atoms with E-state index in [9.17, 15) is 4.79 Å². The van der Waals surface area contributed by atoms with Gasteiger partial charge in [-0.05, 0) is 23.4 Å². The Morgan fingerprint density at radius 2 is 2.26 bits per heavy atom. The van der Waals surface area contributed by atoms with Gasteiger partial charge in [0.15, 0.2) is 0 Å². The molecular formula is C13H20N2O2S2. The van der Waals surface area contributed by atoms with Crippen molar-refractivity contribution in [2.24, 2.45) is 5.73 Å². The van der Waals surface area contributed by atoms with E-state index >= 15 is 0 Å². The zero-order valence-corrected chi connectivity index (χ0v) is 13.0. The number of ether oxygens (including phenoxy) is 1. The number of methoxy groups -OCH3 is 1. The number of thiophene rings is 1. The van der Waals surface area contributed by atoms with Crippen LogP contribution in [0.1, 0.15) is 28.6 Å². The van der Waals surface area contributed by atoms with Gasteiger partial charge in [0.1, 0.15) is 0 Å². The molecule has 1 aromatic rings. The summed E-state index contributed by atoms with van der Waals surface area (Å²) in [5.41, 5.74) is 6.60. The fourth-order valence-corrected chi connectivity index (χ4v) is 2.76. The van der Waals surface area contributed by atoms with E-state index in [-0.39, 0.29) is 5.91 Å². The van der Waals surface area contributed by atoms with Gasteiger partial charge in [-0.2, -0.15) is 0 Å². The Bertz CT molecular complexity index is 432. The minimum atomic E-state index is 0.0418. The summed E-state index contributed by atoms with van der Waals surface area (Å²) in [6, 6.07) is 2.00. The zero-order chi connectivity index (χ0) is 14.3. The standard InChI is InChI=1S/C13H20N2O2S2/c1-3-10-5-9-19-12(10)13(16)15(7-8-17-2)6-4-11(14)18/h5,9H,3-4,6-8H2,1-2H3,(H2,14,18). The third-order valence-corrected chi connectivity index (χ3v) is 3.95. The second-order valence-electron chi connectivity index (χ2n) is 4.13. The van der Waals surface area contributed by atoms with Crippen molar-refractivity contribution in [2.75, 3.05) is 26.8 Å². The molecule has 0 fully saturated rings. The fraction of sp³-hybridized carbons (Fsp3) is 0.538. The summed E-state index contributed by atoms with van der Waals surface area (Å²) in [5, 5.41) is 1.95. The summed E-state index contributed by atoms with van der Waals surface area (Å²) in [6.07, 6.45) is 1.40. The summed E-state index contributed by atoms with van der Waals surface area (Å²) in [6.45, 7) is 3.65. The van der Waals surface area contributed by atoms with E-state index in [1.165, 1.54) is 11.3 Å². The van der Waals surface area contributed by atoms with Crippen LogP contribution in [0.2, 0.25) is 0 Å². The van der Waals surface area contributed by atoms with E-state index in [0.29, 0.717) is 31.1 Å². The Kier molecular flexibility index (Phi) is 6.97. The Morgan fingerprint density at radius 1 is 1.53 bits per heavy atom. The van der Waals surface area contributed by atoms with Crippen LogP contribution in [0, 0.1) is 0 Å². The molecule has 0 saturated carbocycles. The van der Waals surface area contributed by atoms with E-state index in [4.69, 9.17) is 22.7 Å². The van der Waals surface area contributed by atoms with Crippen LogP contribution >= 0.6 is 23.6 Å². The van der Waals surface area contributed by atoms with Crippen LogP contribution in [-0.4, -0.2) is 42.6 Å². The Morgan fingerprint density at radius 3 is 2.84 bits per heavy atom. The van der Waals surface area contributed by atoms with Gasteiger partial charge in [0.05, 0.1) is 16.5 Å². The Labute approximate surface area is 123 Å². The van der Waals surface area contributed by atoms with Crippen LogP contribution in [0.3, 0.4) is 0 Å². The predicted molar refractivity (Wildman–Crippen MR) is 82.9 cm³/mol. The van der Waals surface area contributed by atoms with Gasteiger partial charge < -0.3 is 15.4 Å². The molecule has 0 radical (unpaired) electrons. The topological polar surface area (TPSA) is 55.6 Å². The van der Waals surface area contributed by atoms with Crippen molar-refractivity contribution in [3.8, 4) is 0 Å². The number of thiocarbonyl (C=S) groups is 1. The average Bonchev–Trinajstić information content (AvgIpc) is 2.86. The summed E-state index contributed by atoms with van der Waals surface area (Å²) < 4.78 is 5.05.